The van der Waals surface area contributed by atoms with Crippen molar-refractivity contribution in [3.05, 3.63) is 0 Å². The molecule has 0 heterocycles. The van der Waals surface area contributed by atoms with Gasteiger partial charge in [0.2, 0.25) is 0 Å². The van der Waals surface area contributed by atoms with Crippen LogP contribution in [0, 0.1) is 37.7 Å². The van der Waals surface area contributed by atoms with Gasteiger partial charge >= 0.3 is 18.9 Å². The minimum atomic E-state index is 0. The van der Waals surface area contributed by atoms with Crippen LogP contribution in [0.1, 0.15) is 0 Å². The standard InChI is InChI=1S/3FH.Ho.Li.H/h3*1H;;;. The Labute approximate surface area is 70.0 Å². The van der Waals surface area contributed by atoms with Gasteiger partial charge in [0, 0.05) is 37.7 Å². The molecule has 0 aliphatic carbocycles. The molecule has 0 aliphatic rings. The first-order chi connectivity index (χ1) is 0. The molecule has 0 unspecified atom stereocenters. The van der Waals surface area contributed by atoms with Crippen molar-refractivity contribution in [2.24, 2.45) is 0 Å². The number of hydrogen-bond donors (Lipinski definition) is 0. The maximum atomic E-state index is 0. The van der Waals surface area contributed by atoms with E-state index >= 15 is 0 Å². The molecule has 0 amide bonds. The Morgan fingerprint density at radius 1 is 0.600 bits per heavy atom. The fraction of sp³-hybridized carbons (Fsp3) is 0. The molecular formula is H4F3HoLi. The van der Waals surface area contributed by atoms with Gasteiger partial charge in [0.25, 0.3) is 0 Å². The van der Waals surface area contributed by atoms with Crippen molar-refractivity contribution < 1.29 is 51.9 Å². The Hall–Kier alpha value is 1.65. The Bertz CT molecular complexity index is 6.85. The molecule has 0 nitrogen and oxygen atoms in total. The van der Waals surface area contributed by atoms with Gasteiger partial charge in [-0.2, -0.15) is 0 Å². The van der Waals surface area contributed by atoms with Crippen LogP contribution in [0.4, 0.5) is 14.1 Å². The van der Waals surface area contributed by atoms with E-state index in [0.29, 0.717) is 0 Å². The fourth-order valence-corrected chi connectivity index (χ4v) is 0. The van der Waals surface area contributed by atoms with Crippen molar-refractivity contribution in [1.82, 2.24) is 0 Å². The van der Waals surface area contributed by atoms with E-state index in [2.05, 4.69) is 0 Å². The van der Waals surface area contributed by atoms with Crippen molar-refractivity contribution in [3.8, 4) is 0 Å². The first-order valence-electron chi connectivity index (χ1n) is 0. The van der Waals surface area contributed by atoms with Crippen LogP contribution in [0.15, 0.2) is 0 Å². The predicted octanol–water partition coefficient (Wildman–Crippen LogP) is -0.191. The number of halogens is 3. The molecule has 0 aromatic heterocycles. The van der Waals surface area contributed by atoms with Crippen LogP contribution in [0.3, 0.4) is 0 Å². The fourth-order valence-electron chi connectivity index (χ4n) is 0. The van der Waals surface area contributed by atoms with Crippen LogP contribution in [0.5, 0.6) is 0 Å². The van der Waals surface area contributed by atoms with Gasteiger partial charge < -0.3 is 0 Å². The molecule has 0 bridgehead atoms. The second kappa shape index (κ2) is 45.0. The molecule has 0 saturated heterocycles. The summed E-state index contributed by atoms with van der Waals surface area (Å²) in [6, 6.07) is 0. The maximum absolute atomic E-state index is 0. The summed E-state index contributed by atoms with van der Waals surface area (Å²) in [5.41, 5.74) is 0. The van der Waals surface area contributed by atoms with Crippen LogP contribution >= 0.6 is 0 Å². The molecule has 0 atom stereocenters. The number of hydrogen-bond acceptors (Lipinski definition) is 0. The van der Waals surface area contributed by atoms with E-state index in [9.17, 15) is 0 Å². The molecule has 0 saturated carbocycles. The van der Waals surface area contributed by atoms with Crippen molar-refractivity contribution in [2.75, 3.05) is 0 Å². The Morgan fingerprint density at radius 2 is 0.600 bits per heavy atom. The van der Waals surface area contributed by atoms with Gasteiger partial charge in [-0.3, -0.25) is 14.1 Å². The summed E-state index contributed by atoms with van der Waals surface area (Å²) in [4.78, 5) is 0. The van der Waals surface area contributed by atoms with Crippen LogP contribution in [-0.4, -0.2) is 18.9 Å². The third-order valence-electron chi connectivity index (χ3n) is 0. The zero-order valence-electron chi connectivity index (χ0n) is 1.53. The van der Waals surface area contributed by atoms with Gasteiger partial charge in [-0.15, -0.1) is 0 Å². The molecule has 0 aromatic carbocycles. The molecule has 0 fully saturated rings. The zero-order valence-corrected chi connectivity index (χ0v) is 3.46. The van der Waals surface area contributed by atoms with Crippen molar-refractivity contribution >= 4 is 18.9 Å². The Kier molecular flexibility index (Phi) is 702. The third kappa shape index (κ3) is 27.7. The number of rotatable bonds is 0. The van der Waals surface area contributed by atoms with Gasteiger partial charge in [0.05, 0.1) is 0 Å². The Morgan fingerprint density at radius 3 is 0.600 bits per heavy atom. The van der Waals surface area contributed by atoms with E-state index in [1.807, 2.05) is 0 Å². The molecular weight excluding hydrogens is 229 g/mol. The molecule has 37 valence electrons. The van der Waals surface area contributed by atoms with E-state index < -0.39 is 0 Å². The summed E-state index contributed by atoms with van der Waals surface area (Å²) in [7, 11) is 0. The molecule has 0 aromatic rings. The molecule has 5 heteroatoms. The first-order valence-corrected chi connectivity index (χ1v) is 0. The van der Waals surface area contributed by atoms with Crippen LogP contribution in [-0.2, 0) is 0 Å². The Balaban J connectivity index is 0. The predicted molar refractivity (Wildman–Crippen MR) is 14.7 cm³/mol. The van der Waals surface area contributed by atoms with Crippen LogP contribution < -0.4 is 0 Å². The van der Waals surface area contributed by atoms with Crippen molar-refractivity contribution in [2.45, 2.75) is 0 Å². The summed E-state index contributed by atoms with van der Waals surface area (Å²) >= 11 is 0. The van der Waals surface area contributed by atoms with Crippen LogP contribution in [0.25, 0.3) is 0 Å². The molecule has 5 heavy (non-hydrogen) atoms. The van der Waals surface area contributed by atoms with E-state index in [1.165, 1.54) is 0 Å². The zero-order chi connectivity index (χ0) is 0. The van der Waals surface area contributed by atoms with Crippen LogP contribution in [0.2, 0.25) is 0 Å². The van der Waals surface area contributed by atoms with E-state index in [1.54, 1.807) is 0 Å². The molecule has 0 rings (SSSR count). The molecule has 0 aliphatic heterocycles. The van der Waals surface area contributed by atoms with E-state index in [0.717, 1.165) is 0 Å². The van der Waals surface area contributed by atoms with Gasteiger partial charge in [-0.05, 0) is 0 Å². The normalized spacial score (nSPS) is 0. The van der Waals surface area contributed by atoms with E-state index in [-0.39, 0.29) is 70.7 Å². The van der Waals surface area contributed by atoms with Crippen molar-refractivity contribution in [3.63, 3.8) is 0 Å². The summed E-state index contributed by atoms with van der Waals surface area (Å²) in [5, 5.41) is 0. The summed E-state index contributed by atoms with van der Waals surface area (Å²) in [6.45, 7) is 0. The van der Waals surface area contributed by atoms with Gasteiger partial charge in [0.1, 0.15) is 0 Å². The summed E-state index contributed by atoms with van der Waals surface area (Å²) in [6.07, 6.45) is 0. The molecule has 0 N–H and O–H groups in total. The average Bonchev–Trinajstić information content (AvgIpc) is 0. The third-order valence-corrected chi connectivity index (χ3v) is 0. The second-order valence-electron chi connectivity index (χ2n) is 0. The van der Waals surface area contributed by atoms with Gasteiger partial charge in [-0.25, -0.2) is 0 Å². The second-order valence-corrected chi connectivity index (χ2v) is 0. The minimum absolute atomic E-state index is 0. The first kappa shape index (κ1) is 78.1. The molecule has 1 radical (unpaired) electrons. The average molecular weight is 233 g/mol. The molecule has 0 spiro atoms. The monoisotopic (exact) mass is 233 g/mol. The summed E-state index contributed by atoms with van der Waals surface area (Å²) in [5.74, 6) is 0. The SMILES string of the molecule is F.F.F.[Ho].[LiH]. The van der Waals surface area contributed by atoms with Gasteiger partial charge in [-0.1, -0.05) is 0 Å². The van der Waals surface area contributed by atoms with Crippen molar-refractivity contribution in [1.29, 1.82) is 0 Å². The van der Waals surface area contributed by atoms with E-state index in [4.69, 9.17) is 0 Å². The van der Waals surface area contributed by atoms with Gasteiger partial charge in [0.15, 0.2) is 0 Å². The topological polar surface area (TPSA) is 0 Å². The summed E-state index contributed by atoms with van der Waals surface area (Å²) < 4.78 is 0. The quantitative estimate of drug-likeness (QED) is 0.508.